The number of rotatable bonds is 9. The van der Waals surface area contributed by atoms with Gasteiger partial charge in [-0.15, -0.1) is 0 Å². The van der Waals surface area contributed by atoms with Gasteiger partial charge in [0, 0.05) is 11.6 Å². The van der Waals surface area contributed by atoms with Crippen molar-refractivity contribution in [2.45, 2.75) is 33.8 Å². The molecule has 29 heavy (non-hydrogen) atoms. The Morgan fingerprint density at radius 3 is 2.34 bits per heavy atom. The lowest BCUT2D eigenvalue weighted by molar-refractivity contribution is 0.102. The van der Waals surface area contributed by atoms with E-state index in [2.05, 4.69) is 15.0 Å². The second-order valence-corrected chi connectivity index (χ2v) is 9.07. The topological polar surface area (TPSA) is 107 Å². The fraction of sp³-hybridized carbons (Fsp3) is 0.400. The van der Waals surface area contributed by atoms with Crippen molar-refractivity contribution in [3.05, 3.63) is 42.1 Å². The van der Waals surface area contributed by atoms with Crippen LogP contribution in [0.3, 0.4) is 0 Å². The van der Waals surface area contributed by atoms with Crippen molar-refractivity contribution in [3.63, 3.8) is 0 Å². The van der Waals surface area contributed by atoms with Crippen LogP contribution in [0.25, 0.3) is 0 Å². The zero-order chi connectivity index (χ0) is 21.6. The largest absolute Gasteiger partial charge is 0.493 e. The number of aromatic nitrogens is 1. The molecule has 1 heterocycles. The van der Waals surface area contributed by atoms with Crippen LogP contribution in [0.4, 0.5) is 11.5 Å². The summed E-state index contributed by atoms with van der Waals surface area (Å²) < 4.78 is 36.3. The highest BCUT2D eigenvalue weighted by Gasteiger charge is 2.13. The molecule has 9 heteroatoms. The Labute approximate surface area is 171 Å². The van der Waals surface area contributed by atoms with Gasteiger partial charge in [-0.2, -0.15) is 0 Å². The maximum atomic E-state index is 12.7. The number of sulfonamides is 1. The fourth-order valence-corrected chi connectivity index (χ4v) is 2.87. The van der Waals surface area contributed by atoms with E-state index < -0.39 is 10.0 Å². The molecule has 1 aromatic carbocycles. The van der Waals surface area contributed by atoms with Crippen molar-refractivity contribution in [1.29, 1.82) is 0 Å². The van der Waals surface area contributed by atoms with Crippen molar-refractivity contribution in [2.75, 3.05) is 22.9 Å². The maximum absolute atomic E-state index is 12.7. The van der Waals surface area contributed by atoms with Gasteiger partial charge < -0.3 is 14.8 Å². The normalized spacial score (nSPS) is 11.4. The number of nitrogens with one attached hydrogen (secondary N) is 2. The molecule has 2 N–H and O–H groups in total. The van der Waals surface area contributed by atoms with E-state index >= 15 is 0 Å². The van der Waals surface area contributed by atoms with E-state index in [1.165, 1.54) is 18.3 Å². The summed E-state index contributed by atoms with van der Waals surface area (Å²) >= 11 is 0. The van der Waals surface area contributed by atoms with E-state index in [1.807, 2.05) is 27.7 Å². The van der Waals surface area contributed by atoms with Gasteiger partial charge in [-0.3, -0.25) is 9.52 Å². The van der Waals surface area contributed by atoms with Crippen LogP contribution in [0, 0.1) is 5.92 Å². The molecule has 0 saturated heterocycles. The van der Waals surface area contributed by atoms with Crippen LogP contribution in [0.1, 0.15) is 38.1 Å². The van der Waals surface area contributed by atoms with Crippen molar-refractivity contribution < 1.29 is 22.7 Å². The molecule has 158 valence electrons. The van der Waals surface area contributed by atoms with E-state index in [1.54, 1.807) is 18.2 Å². The lowest BCUT2D eigenvalue weighted by Gasteiger charge is -2.15. The van der Waals surface area contributed by atoms with Crippen molar-refractivity contribution in [2.24, 2.45) is 5.92 Å². The summed E-state index contributed by atoms with van der Waals surface area (Å²) in [6, 6.07) is 8.06. The van der Waals surface area contributed by atoms with Gasteiger partial charge in [0.2, 0.25) is 10.0 Å². The van der Waals surface area contributed by atoms with Gasteiger partial charge in [-0.05, 0) is 44.0 Å². The van der Waals surface area contributed by atoms with Gasteiger partial charge in [-0.25, -0.2) is 13.4 Å². The lowest BCUT2D eigenvalue weighted by Crippen LogP contribution is -2.15. The Kier molecular flexibility index (Phi) is 7.44. The molecule has 0 spiro atoms. The summed E-state index contributed by atoms with van der Waals surface area (Å²) in [5, 5.41) is 2.68. The van der Waals surface area contributed by atoms with Gasteiger partial charge in [0.25, 0.3) is 5.91 Å². The van der Waals surface area contributed by atoms with Crippen molar-refractivity contribution in [3.8, 4) is 11.5 Å². The Balaban J connectivity index is 2.18. The number of anilines is 2. The van der Waals surface area contributed by atoms with Gasteiger partial charge in [-0.1, -0.05) is 13.8 Å². The van der Waals surface area contributed by atoms with Crippen LogP contribution in [-0.2, 0) is 10.0 Å². The molecule has 1 aromatic heterocycles. The molecule has 0 aliphatic rings. The summed E-state index contributed by atoms with van der Waals surface area (Å²) in [7, 11) is -3.39. The zero-order valence-corrected chi connectivity index (χ0v) is 18.0. The first-order valence-electron chi connectivity index (χ1n) is 9.21. The predicted octanol–water partition coefficient (Wildman–Crippen LogP) is 3.53. The number of carbonyl (C=O) groups is 1. The first-order valence-corrected chi connectivity index (χ1v) is 11.1. The number of hydrogen-bond acceptors (Lipinski definition) is 6. The maximum Gasteiger partial charge on any atom is 0.257 e. The van der Waals surface area contributed by atoms with Crippen molar-refractivity contribution >= 4 is 27.4 Å². The molecule has 0 atom stereocenters. The fourth-order valence-electron chi connectivity index (χ4n) is 2.32. The molecule has 0 aliphatic heterocycles. The summed E-state index contributed by atoms with van der Waals surface area (Å²) in [6.45, 7) is 8.39. The molecular formula is C20H27N3O5S. The standard InChI is InChI=1S/C20H27N3O5S/c1-13(2)12-27-17-8-15(9-18(10-17)28-14(3)4)20(24)22-19-7-6-16(11-21-19)23-29(5,25)26/h6-11,13-14,23H,12H2,1-5H3,(H,21,22,24). The Hall–Kier alpha value is -2.81. The Morgan fingerprint density at radius 1 is 1.10 bits per heavy atom. The van der Waals surface area contributed by atoms with Gasteiger partial charge in [0.15, 0.2) is 0 Å². The molecule has 2 aromatic rings. The molecule has 2 rings (SSSR count). The Morgan fingerprint density at radius 2 is 1.79 bits per heavy atom. The third-order valence-electron chi connectivity index (χ3n) is 3.41. The van der Waals surface area contributed by atoms with Crippen LogP contribution < -0.4 is 19.5 Å². The second kappa shape index (κ2) is 9.60. The highest BCUT2D eigenvalue weighted by molar-refractivity contribution is 7.92. The smallest absolute Gasteiger partial charge is 0.257 e. The number of ether oxygens (including phenoxy) is 2. The number of hydrogen-bond donors (Lipinski definition) is 2. The molecule has 0 bridgehead atoms. The summed E-state index contributed by atoms with van der Waals surface area (Å²) in [4.78, 5) is 16.7. The van der Waals surface area contributed by atoms with Crippen LogP contribution in [-0.4, -0.2) is 38.3 Å². The SMILES string of the molecule is CC(C)COc1cc(OC(C)C)cc(C(=O)Nc2ccc(NS(C)(=O)=O)cn2)c1. The van der Waals surface area contributed by atoms with E-state index in [4.69, 9.17) is 9.47 Å². The third kappa shape index (κ3) is 7.98. The first kappa shape index (κ1) is 22.5. The van der Waals surface area contributed by atoms with Gasteiger partial charge in [0.05, 0.1) is 30.9 Å². The average molecular weight is 422 g/mol. The zero-order valence-electron chi connectivity index (χ0n) is 17.2. The highest BCUT2D eigenvalue weighted by Crippen LogP contribution is 2.25. The minimum atomic E-state index is -3.39. The number of amides is 1. The predicted molar refractivity (Wildman–Crippen MR) is 113 cm³/mol. The molecule has 0 aliphatic carbocycles. The van der Waals surface area contributed by atoms with Gasteiger partial charge >= 0.3 is 0 Å². The van der Waals surface area contributed by atoms with Gasteiger partial charge in [0.1, 0.15) is 17.3 Å². The quantitative estimate of drug-likeness (QED) is 0.641. The summed E-state index contributed by atoms with van der Waals surface area (Å²) in [5.41, 5.74) is 0.671. The monoisotopic (exact) mass is 421 g/mol. The molecule has 0 fully saturated rings. The third-order valence-corrected chi connectivity index (χ3v) is 4.01. The van der Waals surface area contributed by atoms with E-state index in [9.17, 15) is 13.2 Å². The molecule has 0 radical (unpaired) electrons. The summed E-state index contributed by atoms with van der Waals surface area (Å²) in [5.74, 6) is 1.32. The highest BCUT2D eigenvalue weighted by atomic mass is 32.2. The molecule has 8 nitrogen and oxygen atoms in total. The number of nitrogens with zero attached hydrogens (tertiary/aromatic N) is 1. The molecule has 0 unspecified atom stereocenters. The van der Waals surface area contributed by atoms with E-state index in [-0.39, 0.29) is 17.8 Å². The molecule has 1 amide bonds. The minimum Gasteiger partial charge on any atom is -0.493 e. The minimum absolute atomic E-state index is 0.0529. The Bertz CT molecular complexity index is 941. The first-order chi connectivity index (χ1) is 13.5. The number of benzene rings is 1. The lowest BCUT2D eigenvalue weighted by atomic mass is 10.1. The van der Waals surface area contributed by atoms with Crippen LogP contribution >= 0.6 is 0 Å². The van der Waals surface area contributed by atoms with Crippen molar-refractivity contribution in [1.82, 2.24) is 4.98 Å². The number of pyridine rings is 1. The average Bonchev–Trinajstić information content (AvgIpc) is 2.59. The molecule has 0 saturated carbocycles. The van der Waals surface area contributed by atoms with Crippen LogP contribution in [0.2, 0.25) is 0 Å². The molecular weight excluding hydrogens is 394 g/mol. The van der Waals surface area contributed by atoms with Crippen LogP contribution in [0.15, 0.2) is 36.5 Å². The van der Waals surface area contributed by atoms with Crippen LogP contribution in [0.5, 0.6) is 11.5 Å². The van der Waals surface area contributed by atoms with E-state index in [0.717, 1.165) is 6.26 Å². The number of carbonyl (C=O) groups excluding carboxylic acids is 1. The summed E-state index contributed by atoms with van der Waals surface area (Å²) in [6.07, 6.45) is 2.32. The van der Waals surface area contributed by atoms with E-state index in [0.29, 0.717) is 35.3 Å². The second-order valence-electron chi connectivity index (χ2n) is 7.33.